The van der Waals surface area contributed by atoms with Gasteiger partial charge in [0.25, 0.3) is 0 Å². The van der Waals surface area contributed by atoms with Gasteiger partial charge in [0, 0.05) is 5.56 Å². The molecule has 1 aromatic rings. The first kappa shape index (κ1) is 19.8. The van der Waals surface area contributed by atoms with E-state index < -0.39 is 5.60 Å². The lowest BCUT2D eigenvalue weighted by Crippen LogP contribution is -2.30. The summed E-state index contributed by atoms with van der Waals surface area (Å²) in [5, 5.41) is 9.73. The van der Waals surface area contributed by atoms with Gasteiger partial charge in [0.05, 0.1) is 19.1 Å². The standard InChI is InChI=1S/C21H24O5/c1-4-15-5-6-17(19(22)13-15)14-25-11-12-26-18-9-7-16(8-10-18)20(23)21(2,3)24/h4-10,13,17,24H,1,11-12,14H2,2-3H3. The largest absolute Gasteiger partial charge is 0.491 e. The van der Waals surface area contributed by atoms with E-state index in [0.717, 1.165) is 5.57 Å². The minimum Gasteiger partial charge on any atom is -0.491 e. The monoisotopic (exact) mass is 356 g/mol. The molecule has 0 spiro atoms. The number of ether oxygens (including phenoxy) is 2. The van der Waals surface area contributed by atoms with Crippen molar-refractivity contribution in [3.63, 3.8) is 0 Å². The number of carbonyl (C=O) groups is 2. The number of aliphatic hydroxyl groups is 1. The highest BCUT2D eigenvalue weighted by Crippen LogP contribution is 2.17. The minimum atomic E-state index is -1.40. The third-order valence-electron chi connectivity index (χ3n) is 3.90. The molecule has 26 heavy (non-hydrogen) atoms. The van der Waals surface area contributed by atoms with Crippen LogP contribution in [-0.2, 0) is 9.53 Å². The molecule has 0 aromatic heterocycles. The van der Waals surface area contributed by atoms with E-state index in [-0.39, 0.29) is 17.5 Å². The lowest BCUT2D eigenvalue weighted by molar-refractivity contribution is -0.118. The molecule has 0 bridgehead atoms. The van der Waals surface area contributed by atoms with E-state index in [1.807, 2.05) is 12.2 Å². The highest BCUT2D eigenvalue weighted by atomic mass is 16.5. The molecule has 0 fully saturated rings. The van der Waals surface area contributed by atoms with Crippen LogP contribution in [-0.4, -0.2) is 42.1 Å². The van der Waals surface area contributed by atoms with Gasteiger partial charge in [0.1, 0.15) is 18.0 Å². The number of carbonyl (C=O) groups excluding carboxylic acids is 2. The average Bonchev–Trinajstić information content (AvgIpc) is 2.61. The SMILES string of the molecule is C=CC1=CC(=O)C(COCCOc2ccc(C(=O)C(C)(C)O)cc2)C=C1. The van der Waals surface area contributed by atoms with Gasteiger partial charge in [-0.25, -0.2) is 0 Å². The summed E-state index contributed by atoms with van der Waals surface area (Å²) in [6.45, 7) is 7.53. The van der Waals surface area contributed by atoms with Crippen LogP contribution in [0.1, 0.15) is 24.2 Å². The van der Waals surface area contributed by atoms with E-state index in [0.29, 0.717) is 31.1 Å². The van der Waals surface area contributed by atoms with E-state index in [4.69, 9.17) is 9.47 Å². The molecule has 138 valence electrons. The third kappa shape index (κ3) is 5.51. The fourth-order valence-electron chi connectivity index (χ4n) is 2.39. The Morgan fingerprint density at radius 2 is 1.96 bits per heavy atom. The van der Waals surface area contributed by atoms with Gasteiger partial charge in [-0.15, -0.1) is 0 Å². The second kappa shape index (κ2) is 8.74. The first-order valence-corrected chi connectivity index (χ1v) is 8.45. The van der Waals surface area contributed by atoms with E-state index in [1.54, 1.807) is 36.4 Å². The summed E-state index contributed by atoms with van der Waals surface area (Å²) in [5.41, 5.74) is -0.167. The van der Waals surface area contributed by atoms with Gasteiger partial charge in [-0.05, 0) is 49.8 Å². The van der Waals surface area contributed by atoms with E-state index in [2.05, 4.69) is 6.58 Å². The Kier molecular flexibility index (Phi) is 6.66. The Bertz CT molecular complexity index is 720. The Morgan fingerprint density at radius 3 is 2.54 bits per heavy atom. The van der Waals surface area contributed by atoms with Gasteiger partial charge >= 0.3 is 0 Å². The Labute approximate surface area is 153 Å². The first-order valence-electron chi connectivity index (χ1n) is 8.45. The molecule has 1 unspecified atom stereocenters. The molecule has 5 heteroatoms. The van der Waals surface area contributed by atoms with Crippen LogP contribution < -0.4 is 4.74 Å². The maximum atomic E-state index is 11.9. The summed E-state index contributed by atoms with van der Waals surface area (Å²) >= 11 is 0. The summed E-state index contributed by atoms with van der Waals surface area (Å²) in [5.74, 6) is 0.000514. The second-order valence-electron chi connectivity index (χ2n) is 6.55. The van der Waals surface area contributed by atoms with Gasteiger partial charge in [-0.1, -0.05) is 24.8 Å². The number of Topliss-reactive ketones (excluding diaryl/α,β-unsaturated/α-hetero) is 1. The lowest BCUT2D eigenvalue weighted by Gasteiger charge is -2.16. The third-order valence-corrected chi connectivity index (χ3v) is 3.90. The molecule has 2 rings (SSSR count). The number of ketones is 2. The minimum absolute atomic E-state index is 0.00961. The zero-order chi connectivity index (χ0) is 19.2. The average molecular weight is 356 g/mol. The van der Waals surface area contributed by atoms with E-state index >= 15 is 0 Å². The Morgan fingerprint density at radius 1 is 1.27 bits per heavy atom. The quantitative estimate of drug-likeness (QED) is 0.544. The van der Waals surface area contributed by atoms with Gasteiger partial charge < -0.3 is 14.6 Å². The summed E-state index contributed by atoms with van der Waals surface area (Å²) < 4.78 is 11.1. The molecule has 1 aliphatic carbocycles. The molecule has 0 aliphatic heterocycles. The van der Waals surface area contributed by atoms with Crippen molar-refractivity contribution in [2.45, 2.75) is 19.4 Å². The van der Waals surface area contributed by atoms with Crippen molar-refractivity contribution in [1.29, 1.82) is 0 Å². The van der Waals surface area contributed by atoms with Gasteiger partial charge in [-0.2, -0.15) is 0 Å². The molecule has 5 nitrogen and oxygen atoms in total. The van der Waals surface area contributed by atoms with Gasteiger partial charge in [0.2, 0.25) is 0 Å². The number of allylic oxidation sites excluding steroid dienone is 4. The Hall–Kier alpha value is -2.50. The van der Waals surface area contributed by atoms with Crippen molar-refractivity contribution in [1.82, 2.24) is 0 Å². The number of rotatable bonds is 9. The molecule has 0 saturated carbocycles. The highest BCUT2D eigenvalue weighted by Gasteiger charge is 2.25. The fraction of sp³-hybridized carbons (Fsp3) is 0.333. The van der Waals surface area contributed by atoms with Crippen LogP contribution in [0.2, 0.25) is 0 Å². The molecule has 1 aliphatic rings. The molecule has 0 heterocycles. The van der Waals surface area contributed by atoms with Crippen LogP contribution in [0.4, 0.5) is 0 Å². The molecular weight excluding hydrogens is 332 g/mol. The van der Waals surface area contributed by atoms with Crippen molar-refractivity contribution in [2.75, 3.05) is 19.8 Å². The number of hydrogen-bond donors (Lipinski definition) is 1. The van der Waals surface area contributed by atoms with Crippen LogP contribution in [0.3, 0.4) is 0 Å². The maximum Gasteiger partial charge on any atom is 0.193 e. The smallest absolute Gasteiger partial charge is 0.193 e. The first-order chi connectivity index (χ1) is 12.3. The van der Waals surface area contributed by atoms with Crippen molar-refractivity contribution in [3.05, 3.63) is 66.3 Å². The van der Waals surface area contributed by atoms with Crippen molar-refractivity contribution < 1.29 is 24.2 Å². The second-order valence-corrected chi connectivity index (χ2v) is 6.55. The highest BCUT2D eigenvalue weighted by molar-refractivity contribution is 6.01. The van der Waals surface area contributed by atoms with Gasteiger partial charge in [0.15, 0.2) is 11.6 Å². The topological polar surface area (TPSA) is 72.8 Å². The molecule has 1 atom stereocenters. The summed E-state index contributed by atoms with van der Waals surface area (Å²) in [6.07, 6.45) is 6.88. The summed E-state index contributed by atoms with van der Waals surface area (Å²) in [6, 6.07) is 6.58. The number of hydrogen-bond acceptors (Lipinski definition) is 5. The normalized spacial score (nSPS) is 17.0. The molecular formula is C21H24O5. The molecule has 0 amide bonds. The molecule has 1 aromatic carbocycles. The molecule has 0 saturated heterocycles. The van der Waals surface area contributed by atoms with E-state index in [9.17, 15) is 14.7 Å². The number of benzene rings is 1. The van der Waals surface area contributed by atoms with Crippen LogP contribution >= 0.6 is 0 Å². The lowest BCUT2D eigenvalue weighted by atomic mass is 9.96. The zero-order valence-corrected chi connectivity index (χ0v) is 15.1. The van der Waals surface area contributed by atoms with E-state index in [1.165, 1.54) is 13.8 Å². The molecule has 0 radical (unpaired) electrons. The predicted octanol–water partition coefficient (Wildman–Crippen LogP) is 2.90. The fourth-order valence-corrected chi connectivity index (χ4v) is 2.39. The maximum absolute atomic E-state index is 11.9. The van der Waals surface area contributed by atoms with Crippen molar-refractivity contribution in [2.24, 2.45) is 5.92 Å². The van der Waals surface area contributed by atoms with Crippen molar-refractivity contribution >= 4 is 11.6 Å². The molecule has 1 N–H and O–H groups in total. The van der Waals surface area contributed by atoms with Crippen molar-refractivity contribution in [3.8, 4) is 5.75 Å². The Balaban J connectivity index is 1.71. The van der Waals surface area contributed by atoms with Gasteiger partial charge in [-0.3, -0.25) is 9.59 Å². The van der Waals surface area contributed by atoms with Crippen LogP contribution in [0.5, 0.6) is 5.75 Å². The van der Waals surface area contributed by atoms with Crippen LogP contribution in [0.25, 0.3) is 0 Å². The van der Waals surface area contributed by atoms with Crippen LogP contribution in [0.15, 0.2) is 60.7 Å². The summed E-state index contributed by atoms with van der Waals surface area (Å²) in [7, 11) is 0. The zero-order valence-electron chi connectivity index (χ0n) is 15.1. The predicted molar refractivity (Wildman–Crippen MR) is 99.3 cm³/mol. The summed E-state index contributed by atoms with van der Waals surface area (Å²) in [4.78, 5) is 23.8. The van der Waals surface area contributed by atoms with Crippen LogP contribution in [0, 0.1) is 5.92 Å².